The second-order valence-electron chi connectivity index (χ2n) is 4.44. The van der Waals surface area contributed by atoms with Crippen molar-refractivity contribution < 1.29 is 14.3 Å². The Balaban J connectivity index is 0.00000122. The fourth-order valence-electron chi connectivity index (χ4n) is 1.63. The number of unbranched alkanes of at least 4 members (excludes halogenated alkanes) is 1. The van der Waals surface area contributed by atoms with Crippen molar-refractivity contribution in [1.29, 1.82) is 0 Å². The Bertz CT molecular complexity index is 391. The molecule has 0 aliphatic rings. The van der Waals surface area contributed by atoms with Gasteiger partial charge in [0.15, 0.2) is 0 Å². The van der Waals surface area contributed by atoms with Crippen LogP contribution >= 0.6 is 0 Å². The van der Waals surface area contributed by atoms with Crippen LogP contribution in [0.1, 0.15) is 38.7 Å². The molecule has 0 saturated carbocycles. The van der Waals surface area contributed by atoms with Crippen LogP contribution < -0.4 is 15.8 Å². The molecule has 5 nitrogen and oxygen atoms in total. The molecule has 0 spiro atoms. The fraction of sp³-hybridized carbons (Fsp3) is 0.500. The van der Waals surface area contributed by atoms with Gasteiger partial charge in [0.05, 0.1) is 6.61 Å². The third-order valence-corrected chi connectivity index (χ3v) is 2.70. The van der Waals surface area contributed by atoms with Crippen LogP contribution in [0.4, 0.5) is 0 Å². The van der Waals surface area contributed by atoms with Gasteiger partial charge in [-0.2, -0.15) is 0 Å². The molecule has 0 fully saturated rings. The van der Waals surface area contributed by atoms with Crippen LogP contribution in [0, 0.1) is 0 Å². The van der Waals surface area contributed by atoms with E-state index in [1.807, 2.05) is 31.2 Å². The highest BCUT2D eigenvalue weighted by atomic mass is 16.5. The van der Waals surface area contributed by atoms with E-state index in [0.29, 0.717) is 13.0 Å². The second kappa shape index (κ2) is 13.0. The van der Waals surface area contributed by atoms with E-state index in [0.717, 1.165) is 31.6 Å². The molecule has 0 radical (unpaired) electrons. The fourth-order valence-corrected chi connectivity index (χ4v) is 1.63. The van der Waals surface area contributed by atoms with Gasteiger partial charge in [0.1, 0.15) is 5.75 Å². The van der Waals surface area contributed by atoms with E-state index in [1.54, 1.807) is 0 Å². The van der Waals surface area contributed by atoms with Crippen molar-refractivity contribution in [1.82, 2.24) is 5.32 Å². The number of amides is 2. The van der Waals surface area contributed by atoms with E-state index in [-0.39, 0.29) is 12.3 Å². The van der Waals surface area contributed by atoms with Crippen molar-refractivity contribution in [3.63, 3.8) is 0 Å². The van der Waals surface area contributed by atoms with E-state index in [4.69, 9.17) is 9.53 Å². The molecule has 118 valence electrons. The maximum Gasteiger partial charge on any atom is 0.220 e. The molecule has 1 aromatic carbocycles. The quantitative estimate of drug-likeness (QED) is 0.568. The van der Waals surface area contributed by atoms with Crippen LogP contribution in [0.5, 0.6) is 5.75 Å². The molecule has 0 aromatic heterocycles. The maximum absolute atomic E-state index is 11.3. The molecule has 2 amide bonds. The first kappa shape index (κ1) is 19.0. The molecule has 0 unspecified atom stereocenters. The molecular weight excluding hydrogens is 268 g/mol. The number of primary amides is 1. The van der Waals surface area contributed by atoms with Gasteiger partial charge in [0.25, 0.3) is 0 Å². The Hall–Kier alpha value is -2.04. The molecule has 0 atom stereocenters. The van der Waals surface area contributed by atoms with Gasteiger partial charge in [0.2, 0.25) is 12.3 Å². The largest absolute Gasteiger partial charge is 0.494 e. The number of ether oxygens (including phenoxy) is 1. The summed E-state index contributed by atoms with van der Waals surface area (Å²) in [6.45, 7) is 5.55. The van der Waals surface area contributed by atoms with Crippen LogP contribution in [-0.4, -0.2) is 25.5 Å². The van der Waals surface area contributed by atoms with Crippen molar-refractivity contribution in [2.24, 2.45) is 5.73 Å². The number of hydrogen-bond donors (Lipinski definition) is 2. The average molecular weight is 294 g/mol. The number of carbonyl (C=O) groups excluding carboxylic acids is 2. The van der Waals surface area contributed by atoms with Crippen LogP contribution in [0.3, 0.4) is 0 Å². The number of nitrogens with two attached hydrogens (primary N) is 1. The Morgan fingerprint density at radius 1 is 1.29 bits per heavy atom. The molecule has 1 aromatic rings. The van der Waals surface area contributed by atoms with Crippen LogP contribution in [0.2, 0.25) is 0 Å². The highest BCUT2D eigenvalue weighted by Crippen LogP contribution is 2.13. The summed E-state index contributed by atoms with van der Waals surface area (Å²) in [5.74, 6) is 1.02. The number of nitrogens with one attached hydrogen (secondary N) is 1. The van der Waals surface area contributed by atoms with Crippen LogP contribution in [0.15, 0.2) is 24.3 Å². The normalized spacial score (nSPS) is 9.24. The van der Waals surface area contributed by atoms with E-state index >= 15 is 0 Å². The van der Waals surface area contributed by atoms with Gasteiger partial charge < -0.3 is 15.8 Å². The molecule has 21 heavy (non-hydrogen) atoms. The van der Waals surface area contributed by atoms with Gasteiger partial charge >= 0.3 is 0 Å². The Morgan fingerprint density at radius 3 is 2.43 bits per heavy atom. The first-order valence-electron chi connectivity index (χ1n) is 7.31. The minimum absolute atomic E-state index is 0.112. The molecule has 1 rings (SSSR count). The van der Waals surface area contributed by atoms with Crippen molar-refractivity contribution in [3.8, 4) is 5.75 Å². The van der Waals surface area contributed by atoms with Crippen molar-refractivity contribution >= 4 is 12.3 Å². The first-order chi connectivity index (χ1) is 10.2. The van der Waals surface area contributed by atoms with E-state index in [9.17, 15) is 4.79 Å². The Morgan fingerprint density at radius 2 is 1.90 bits per heavy atom. The molecule has 0 aliphatic carbocycles. The lowest BCUT2D eigenvalue weighted by molar-refractivity contribution is -0.121. The smallest absolute Gasteiger partial charge is 0.220 e. The van der Waals surface area contributed by atoms with Gasteiger partial charge in [-0.05, 0) is 37.5 Å². The standard InChI is InChI=1S/C15H23NO2.CH3NO/c1-3-5-12-18-14-9-6-13(7-10-14)8-11-15(17)16-4-2;2-1-3/h6-7,9-10H,3-5,8,11-12H2,1-2H3,(H,16,17);1H,(H2,2,3). The Labute approximate surface area is 126 Å². The number of rotatable bonds is 8. The highest BCUT2D eigenvalue weighted by Gasteiger charge is 2.01. The second-order valence-corrected chi connectivity index (χ2v) is 4.44. The van der Waals surface area contributed by atoms with Gasteiger partial charge in [0, 0.05) is 13.0 Å². The topological polar surface area (TPSA) is 81.4 Å². The minimum atomic E-state index is 0.112. The lowest BCUT2D eigenvalue weighted by Gasteiger charge is -2.06. The third kappa shape index (κ3) is 10.4. The van der Waals surface area contributed by atoms with Crippen molar-refractivity contribution in [2.75, 3.05) is 13.2 Å². The zero-order valence-corrected chi connectivity index (χ0v) is 12.9. The summed E-state index contributed by atoms with van der Waals surface area (Å²) in [6, 6.07) is 8.01. The van der Waals surface area contributed by atoms with E-state index in [1.165, 1.54) is 5.56 Å². The summed E-state index contributed by atoms with van der Waals surface area (Å²) in [4.78, 5) is 19.9. The molecular formula is C16H26N2O3. The molecule has 3 N–H and O–H groups in total. The summed E-state index contributed by atoms with van der Waals surface area (Å²) in [5.41, 5.74) is 5.34. The molecule has 0 saturated heterocycles. The van der Waals surface area contributed by atoms with Crippen molar-refractivity contribution in [2.45, 2.75) is 39.5 Å². The molecule has 0 aliphatic heterocycles. The predicted molar refractivity (Wildman–Crippen MR) is 84.1 cm³/mol. The average Bonchev–Trinajstić information content (AvgIpc) is 2.48. The predicted octanol–water partition coefficient (Wildman–Crippen LogP) is 2.04. The summed E-state index contributed by atoms with van der Waals surface area (Å²) in [6.07, 6.45) is 3.80. The zero-order chi connectivity index (χ0) is 15.9. The zero-order valence-electron chi connectivity index (χ0n) is 12.9. The Kier molecular flexibility index (Phi) is 11.7. The first-order valence-corrected chi connectivity index (χ1v) is 7.31. The molecule has 0 bridgehead atoms. The monoisotopic (exact) mass is 294 g/mol. The van der Waals surface area contributed by atoms with Gasteiger partial charge in [-0.1, -0.05) is 25.5 Å². The summed E-state index contributed by atoms with van der Waals surface area (Å²) in [5, 5.41) is 2.80. The molecule has 5 heteroatoms. The number of aryl methyl sites for hydroxylation is 1. The lowest BCUT2D eigenvalue weighted by atomic mass is 10.1. The molecule has 0 heterocycles. The highest BCUT2D eigenvalue weighted by molar-refractivity contribution is 5.76. The van der Waals surface area contributed by atoms with Crippen LogP contribution in [-0.2, 0) is 16.0 Å². The van der Waals surface area contributed by atoms with E-state index in [2.05, 4.69) is 18.0 Å². The van der Waals surface area contributed by atoms with Crippen LogP contribution in [0.25, 0.3) is 0 Å². The summed E-state index contributed by atoms with van der Waals surface area (Å²) < 4.78 is 5.59. The van der Waals surface area contributed by atoms with Gasteiger partial charge in [-0.15, -0.1) is 0 Å². The third-order valence-electron chi connectivity index (χ3n) is 2.70. The van der Waals surface area contributed by atoms with Gasteiger partial charge in [-0.25, -0.2) is 0 Å². The minimum Gasteiger partial charge on any atom is -0.494 e. The summed E-state index contributed by atoms with van der Waals surface area (Å²) in [7, 11) is 0. The van der Waals surface area contributed by atoms with Gasteiger partial charge in [-0.3, -0.25) is 9.59 Å². The van der Waals surface area contributed by atoms with E-state index < -0.39 is 0 Å². The lowest BCUT2D eigenvalue weighted by Crippen LogP contribution is -2.22. The number of carbonyl (C=O) groups is 2. The number of benzene rings is 1. The van der Waals surface area contributed by atoms with Crippen molar-refractivity contribution in [3.05, 3.63) is 29.8 Å². The number of hydrogen-bond acceptors (Lipinski definition) is 3. The summed E-state index contributed by atoms with van der Waals surface area (Å²) >= 11 is 0. The maximum atomic E-state index is 11.3. The SMILES string of the molecule is CCCCOc1ccc(CCC(=O)NCC)cc1.NC=O.